The van der Waals surface area contributed by atoms with Gasteiger partial charge in [0.25, 0.3) is 0 Å². The van der Waals surface area contributed by atoms with Crippen LogP contribution in [-0.2, 0) is 4.79 Å². The first-order chi connectivity index (χ1) is 15.9. The van der Waals surface area contributed by atoms with E-state index in [-0.39, 0.29) is 12.3 Å². The highest BCUT2D eigenvalue weighted by Gasteiger charge is 2.17. The predicted octanol–water partition coefficient (Wildman–Crippen LogP) is 6.37. The minimum Gasteiger partial charge on any atom is -0.324 e. The predicted molar refractivity (Wildman–Crippen MR) is 134 cm³/mol. The van der Waals surface area contributed by atoms with Gasteiger partial charge in [0.1, 0.15) is 0 Å². The summed E-state index contributed by atoms with van der Waals surface area (Å²) in [7, 11) is 0. The van der Waals surface area contributed by atoms with E-state index in [4.69, 9.17) is 23.2 Å². The number of carbonyl (C=O) groups is 1. The molecule has 1 amide bonds. The summed E-state index contributed by atoms with van der Waals surface area (Å²) in [6.07, 6.45) is 3.72. The van der Waals surface area contributed by atoms with Crippen LogP contribution in [0.1, 0.15) is 17.5 Å². The Morgan fingerprint density at radius 1 is 1.00 bits per heavy atom. The maximum absolute atomic E-state index is 12.5. The van der Waals surface area contributed by atoms with E-state index in [0.29, 0.717) is 26.6 Å². The second-order valence-electron chi connectivity index (χ2n) is 7.39. The number of pyridine rings is 1. The van der Waals surface area contributed by atoms with Crippen molar-refractivity contribution in [1.82, 2.24) is 19.7 Å². The average molecular weight is 498 g/mol. The van der Waals surface area contributed by atoms with Gasteiger partial charge < -0.3 is 5.32 Å². The van der Waals surface area contributed by atoms with Gasteiger partial charge in [0.2, 0.25) is 5.91 Å². The molecule has 9 heteroatoms. The number of benzene rings is 2. The molecule has 1 N–H and O–H groups in total. The quantitative estimate of drug-likeness (QED) is 0.300. The summed E-state index contributed by atoms with van der Waals surface area (Å²) in [5.41, 5.74) is 4.68. The Hall–Kier alpha value is -2.87. The number of aryl methyl sites for hydroxylation is 2. The molecule has 0 aliphatic heterocycles. The number of anilines is 1. The fourth-order valence-corrected chi connectivity index (χ4v) is 4.58. The van der Waals surface area contributed by atoms with Gasteiger partial charge in [-0.05, 0) is 61.4 Å². The zero-order chi connectivity index (χ0) is 23.4. The second kappa shape index (κ2) is 10.4. The number of thioether (sulfide) groups is 1. The van der Waals surface area contributed by atoms with Gasteiger partial charge in [-0.1, -0.05) is 47.1 Å². The van der Waals surface area contributed by atoms with Crippen molar-refractivity contribution >= 4 is 46.6 Å². The van der Waals surface area contributed by atoms with Crippen molar-refractivity contribution in [1.29, 1.82) is 0 Å². The van der Waals surface area contributed by atoms with Gasteiger partial charge in [0.05, 0.1) is 21.4 Å². The number of para-hydroxylation sites is 1. The Labute approximate surface area is 206 Å². The molecule has 2 aromatic heterocycles. The lowest BCUT2D eigenvalue weighted by Crippen LogP contribution is -2.13. The van der Waals surface area contributed by atoms with Gasteiger partial charge in [-0.25, -0.2) is 0 Å². The average Bonchev–Trinajstić information content (AvgIpc) is 3.23. The molecule has 0 spiro atoms. The topological polar surface area (TPSA) is 72.7 Å². The molecular weight excluding hydrogens is 477 g/mol. The number of amides is 1. The second-order valence-corrected chi connectivity index (χ2v) is 9.27. The first-order valence-corrected chi connectivity index (χ1v) is 12.0. The summed E-state index contributed by atoms with van der Waals surface area (Å²) >= 11 is 13.8. The van der Waals surface area contributed by atoms with Gasteiger partial charge in [0.15, 0.2) is 11.0 Å². The molecule has 0 radical (unpaired) electrons. The van der Waals surface area contributed by atoms with Crippen molar-refractivity contribution < 1.29 is 4.79 Å². The van der Waals surface area contributed by atoms with Gasteiger partial charge in [-0.2, -0.15) is 0 Å². The third kappa shape index (κ3) is 5.38. The number of nitrogens with one attached hydrogen (secondary N) is 1. The number of hydrogen-bond donors (Lipinski definition) is 1. The number of halogens is 2. The Morgan fingerprint density at radius 2 is 1.73 bits per heavy atom. The van der Waals surface area contributed by atoms with E-state index in [1.807, 2.05) is 22.8 Å². The highest BCUT2D eigenvalue weighted by atomic mass is 35.5. The van der Waals surface area contributed by atoms with Crippen molar-refractivity contribution in [2.75, 3.05) is 11.1 Å². The van der Waals surface area contributed by atoms with Crippen LogP contribution in [0, 0.1) is 13.8 Å². The molecule has 168 valence electrons. The molecule has 0 saturated heterocycles. The highest BCUT2D eigenvalue weighted by Crippen LogP contribution is 2.31. The van der Waals surface area contributed by atoms with E-state index >= 15 is 0 Å². The van der Waals surface area contributed by atoms with Gasteiger partial charge in [-0.15, -0.1) is 10.2 Å². The van der Waals surface area contributed by atoms with Crippen molar-refractivity contribution in [2.24, 2.45) is 0 Å². The largest absolute Gasteiger partial charge is 0.324 e. The molecular formula is C24H21Cl2N5OS. The zero-order valence-corrected chi connectivity index (χ0v) is 20.4. The molecule has 2 aromatic carbocycles. The molecule has 0 unspecified atom stereocenters. The summed E-state index contributed by atoms with van der Waals surface area (Å²) in [5, 5.41) is 13.1. The summed E-state index contributed by atoms with van der Waals surface area (Å²) in [6.45, 7) is 4.15. The first-order valence-electron chi connectivity index (χ1n) is 10.2. The smallest absolute Gasteiger partial charge is 0.225 e. The van der Waals surface area contributed by atoms with Crippen molar-refractivity contribution in [2.45, 2.75) is 25.4 Å². The zero-order valence-electron chi connectivity index (χ0n) is 18.0. The lowest BCUT2D eigenvalue weighted by molar-refractivity contribution is -0.115. The van der Waals surface area contributed by atoms with Gasteiger partial charge >= 0.3 is 0 Å². The minimum absolute atomic E-state index is 0.177. The van der Waals surface area contributed by atoms with E-state index in [9.17, 15) is 4.79 Å². The molecule has 0 fully saturated rings. The van der Waals surface area contributed by atoms with Crippen LogP contribution in [0.3, 0.4) is 0 Å². The van der Waals surface area contributed by atoms with Crippen LogP contribution >= 0.6 is 35.0 Å². The van der Waals surface area contributed by atoms with Crippen LogP contribution < -0.4 is 5.32 Å². The monoisotopic (exact) mass is 497 g/mol. The Balaban J connectivity index is 1.55. The van der Waals surface area contributed by atoms with E-state index in [1.54, 1.807) is 30.6 Å². The molecule has 33 heavy (non-hydrogen) atoms. The molecule has 4 aromatic rings. The van der Waals surface area contributed by atoms with Crippen LogP contribution in [0.2, 0.25) is 10.0 Å². The summed E-state index contributed by atoms with van der Waals surface area (Å²) in [6, 6.07) is 15.1. The van der Waals surface area contributed by atoms with Crippen molar-refractivity contribution in [3.63, 3.8) is 0 Å². The Kier molecular flexibility index (Phi) is 7.33. The Morgan fingerprint density at radius 3 is 2.42 bits per heavy atom. The van der Waals surface area contributed by atoms with Gasteiger partial charge in [-0.3, -0.25) is 14.3 Å². The molecule has 0 atom stereocenters. The van der Waals surface area contributed by atoms with Crippen LogP contribution in [0.15, 0.2) is 66.1 Å². The van der Waals surface area contributed by atoms with Crippen LogP contribution in [0.25, 0.3) is 17.1 Å². The number of aromatic nitrogens is 4. The fourth-order valence-electron chi connectivity index (χ4n) is 3.20. The molecule has 0 bridgehead atoms. The van der Waals surface area contributed by atoms with E-state index in [1.165, 1.54) is 22.9 Å². The first kappa shape index (κ1) is 23.3. The van der Waals surface area contributed by atoms with Crippen molar-refractivity contribution in [3.05, 3.63) is 82.1 Å². The minimum atomic E-state index is -0.177. The highest BCUT2D eigenvalue weighted by molar-refractivity contribution is 7.99. The normalized spacial score (nSPS) is 10.9. The maximum Gasteiger partial charge on any atom is 0.225 e. The maximum atomic E-state index is 12.5. The summed E-state index contributed by atoms with van der Waals surface area (Å²) in [5.74, 6) is 1.05. The van der Waals surface area contributed by atoms with Crippen LogP contribution in [0.4, 0.5) is 5.69 Å². The Bertz CT molecular complexity index is 1270. The summed E-state index contributed by atoms with van der Waals surface area (Å²) < 4.78 is 2.01. The van der Waals surface area contributed by atoms with Crippen LogP contribution in [0.5, 0.6) is 0 Å². The third-order valence-electron chi connectivity index (χ3n) is 5.11. The fraction of sp³-hybridized carbons (Fsp3) is 0.167. The van der Waals surface area contributed by atoms with E-state index in [2.05, 4.69) is 46.5 Å². The lowest BCUT2D eigenvalue weighted by atomic mass is 10.1. The third-order valence-corrected chi connectivity index (χ3v) is 6.67. The SMILES string of the molecule is Cc1ccc(-n2c(SCCC(=O)Nc3c(Cl)cccc3Cl)nnc2-c2ccncc2)cc1C. The lowest BCUT2D eigenvalue weighted by Gasteiger charge is -2.12. The molecule has 0 aliphatic rings. The molecule has 6 nitrogen and oxygen atoms in total. The standard InChI is InChI=1S/C24H21Cl2N5OS/c1-15-6-7-18(14-16(15)2)31-23(17-8-11-27-12-9-17)29-30-24(31)33-13-10-21(32)28-22-19(25)4-3-5-20(22)26/h3-9,11-12,14H,10,13H2,1-2H3,(H,28,32). The number of rotatable bonds is 7. The number of nitrogens with zero attached hydrogens (tertiary/aromatic N) is 4. The molecule has 0 aliphatic carbocycles. The van der Waals surface area contributed by atoms with E-state index in [0.717, 1.165) is 17.1 Å². The number of hydrogen-bond acceptors (Lipinski definition) is 5. The molecule has 4 rings (SSSR count). The van der Waals surface area contributed by atoms with Gasteiger partial charge in [0, 0.05) is 30.1 Å². The van der Waals surface area contributed by atoms with Crippen LogP contribution in [-0.4, -0.2) is 31.4 Å². The molecule has 0 saturated carbocycles. The number of carbonyl (C=O) groups excluding carboxylic acids is 1. The van der Waals surface area contributed by atoms with Crippen molar-refractivity contribution in [3.8, 4) is 17.1 Å². The summed E-state index contributed by atoms with van der Waals surface area (Å²) in [4.78, 5) is 16.6. The molecule has 2 heterocycles. The van der Waals surface area contributed by atoms with E-state index < -0.39 is 0 Å².